The standard InChI is InChI=1S/C27H42O4/c1-16(28)31-21-14-20-25(4)12-7-11-24(2,3)18(25)10-13-26(20,5)19-9-8-17-15-30-23(29)22(17)27(19,21)6/h8,18-23,29H,7,9-15H2,1-6H3/t18-,19-,20+,21+,22+,23+,25-,26-,27+/m0/s1. The third-order valence-electron chi connectivity index (χ3n) is 11.2. The Balaban J connectivity index is 1.62. The van der Waals surface area contributed by atoms with Crippen molar-refractivity contribution in [2.45, 2.75) is 98.9 Å². The number of aliphatic hydroxyl groups is 1. The van der Waals surface area contributed by atoms with Crippen LogP contribution in [0.15, 0.2) is 11.6 Å². The quantitative estimate of drug-likeness (QED) is 0.442. The molecule has 5 aliphatic rings. The van der Waals surface area contributed by atoms with Crippen molar-refractivity contribution in [2.75, 3.05) is 6.61 Å². The molecule has 0 radical (unpaired) electrons. The van der Waals surface area contributed by atoms with Crippen molar-refractivity contribution in [3.63, 3.8) is 0 Å². The molecule has 0 bridgehead atoms. The number of carbonyl (C=O) groups is 1. The zero-order valence-electron chi connectivity index (χ0n) is 20.4. The number of hydrogen-bond acceptors (Lipinski definition) is 4. The van der Waals surface area contributed by atoms with Gasteiger partial charge in [-0.1, -0.05) is 47.1 Å². The highest BCUT2D eigenvalue weighted by Gasteiger charge is 2.70. The second kappa shape index (κ2) is 6.82. The highest BCUT2D eigenvalue weighted by molar-refractivity contribution is 5.66. The van der Waals surface area contributed by atoms with Gasteiger partial charge in [0, 0.05) is 18.3 Å². The zero-order chi connectivity index (χ0) is 22.4. The van der Waals surface area contributed by atoms with Gasteiger partial charge in [-0.05, 0) is 78.1 Å². The topological polar surface area (TPSA) is 55.8 Å². The second-order valence-electron chi connectivity index (χ2n) is 12.9. The summed E-state index contributed by atoms with van der Waals surface area (Å²) in [4.78, 5) is 12.3. The van der Waals surface area contributed by atoms with Crippen molar-refractivity contribution in [1.29, 1.82) is 0 Å². The third-order valence-corrected chi connectivity index (χ3v) is 11.2. The Labute approximate surface area is 188 Å². The van der Waals surface area contributed by atoms with Gasteiger partial charge in [-0.15, -0.1) is 0 Å². The summed E-state index contributed by atoms with van der Waals surface area (Å²) >= 11 is 0. The second-order valence-corrected chi connectivity index (χ2v) is 12.9. The number of aliphatic hydroxyl groups excluding tert-OH is 1. The van der Waals surface area contributed by atoms with Crippen LogP contribution >= 0.6 is 0 Å². The van der Waals surface area contributed by atoms with Gasteiger partial charge in [-0.2, -0.15) is 0 Å². The van der Waals surface area contributed by atoms with Crippen LogP contribution in [0.5, 0.6) is 0 Å². The van der Waals surface area contributed by atoms with Gasteiger partial charge in [0.15, 0.2) is 6.29 Å². The minimum Gasteiger partial charge on any atom is -0.462 e. The molecule has 1 aliphatic heterocycles. The lowest BCUT2D eigenvalue weighted by Gasteiger charge is -2.70. The summed E-state index contributed by atoms with van der Waals surface area (Å²) in [6, 6.07) is 0. The van der Waals surface area contributed by atoms with Crippen LogP contribution < -0.4 is 0 Å². The number of carbonyl (C=O) groups excluding carboxylic acids is 1. The minimum atomic E-state index is -0.794. The predicted octanol–water partition coefficient (Wildman–Crippen LogP) is 5.49. The van der Waals surface area contributed by atoms with Gasteiger partial charge in [0.1, 0.15) is 6.10 Å². The van der Waals surface area contributed by atoms with Crippen molar-refractivity contribution in [3.05, 3.63) is 11.6 Å². The molecule has 4 heteroatoms. The molecule has 4 aliphatic carbocycles. The van der Waals surface area contributed by atoms with Gasteiger partial charge >= 0.3 is 5.97 Å². The first kappa shape index (κ1) is 21.9. The predicted molar refractivity (Wildman–Crippen MR) is 120 cm³/mol. The van der Waals surface area contributed by atoms with E-state index in [-0.39, 0.29) is 34.2 Å². The molecule has 0 amide bonds. The van der Waals surface area contributed by atoms with Crippen molar-refractivity contribution in [3.8, 4) is 0 Å². The van der Waals surface area contributed by atoms with E-state index in [0.717, 1.165) is 18.8 Å². The third kappa shape index (κ3) is 2.82. The Morgan fingerprint density at radius 1 is 1.06 bits per heavy atom. The van der Waals surface area contributed by atoms with Crippen LogP contribution in [0.25, 0.3) is 0 Å². The van der Waals surface area contributed by atoms with E-state index in [2.05, 4.69) is 40.7 Å². The van der Waals surface area contributed by atoms with Gasteiger partial charge in [0.2, 0.25) is 0 Å². The van der Waals surface area contributed by atoms with E-state index in [1.54, 1.807) is 6.92 Å². The fraction of sp³-hybridized carbons (Fsp3) is 0.889. The summed E-state index contributed by atoms with van der Waals surface area (Å²) < 4.78 is 11.9. The highest BCUT2D eigenvalue weighted by atomic mass is 16.6. The summed E-state index contributed by atoms with van der Waals surface area (Å²) in [6.45, 7) is 14.4. The van der Waals surface area contributed by atoms with Crippen LogP contribution in [0.3, 0.4) is 0 Å². The molecule has 0 spiro atoms. The van der Waals surface area contributed by atoms with Crippen molar-refractivity contribution >= 4 is 5.97 Å². The minimum absolute atomic E-state index is 0.0679. The zero-order valence-corrected chi connectivity index (χ0v) is 20.4. The van der Waals surface area contributed by atoms with E-state index in [4.69, 9.17) is 9.47 Å². The van der Waals surface area contributed by atoms with E-state index in [9.17, 15) is 9.90 Å². The van der Waals surface area contributed by atoms with Gasteiger partial charge in [0.25, 0.3) is 0 Å². The maximum atomic E-state index is 12.3. The summed E-state index contributed by atoms with van der Waals surface area (Å²) in [5.74, 6) is 1.39. The molecule has 1 saturated heterocycles. The normalized spacial score (nSPS) is 52.8. The smallest absolute Gasteiger partial charge is 0.302 e. The van der Waals surface area contributed by atoms with Crippen molar-refractivity contribution in [1.82, 2.24) is 0 Å². The largest absolute Gasteiger partial charge is 0.462 e. The molecule has 4 fully saturated rings. The van der Waals surface area contributed by atoms with Crippen molar-refractivity contribution < 1.29 is 19.4 Å². The van der Waals surface area contributed by atoms with Crippen LogP contribution in [0, 0.1) is 45.3 Å². The molecule has 0 aromatic heterocycles. The number of hydrogen-bond donors (Lipinski definition) is 1. The molecule has 0 aromatic carbocycles. The van der Waals surface area contributed by atoms with E-state index in [1.807, 2.05) is 0 Å². The van der Waals surface area contributed by atoms with Gasteiger partial charge in [0.05, 0.1) is 6.61 Å². The highest BCUT2D eigenvalue weighted by Crippen LogP contribution is 2.73. The fourth-order valence-corrected chi connectivity index (χ4v) is 10.1. The van der Waals surface area contributed by atoms with Gasteiger partial charge < -0.3 is 14.6 Å². The number of rotatable bonds is 1. The Morgan fingerprint density at radius 2 is 1.77 bits per heavy atom. The molecule has 1 heterocycles. The SMILES string of the molecule is CC(=O)O[C@@H]1C[C@@H]2[C@@]3(C)CCCC(C)(C)[C@@H]3CC[C@@]2(C)[C@@H]2CC=C3CO[C@@H](O)[C@@H]3[C@@]12C. The van der Waals surface area contributed by atoms with Crippen LogP contribution in [-0.2, 0) is 14.3 Å². The summed E-state index contributed by atoms with van der Waals surface area (Å²) in [7, 11) is 0. The molecule has 3 saturated carbocycles. The van der Waals surface area contributed by atoms with Crippen LogP contribution in [0.2, 0.25) is 0 Å². The number of esters is 1. The summed E-state index contributed by atoms with van der Waals surface area (Å²) in [5.41, 5.74) is 1.77. The average Bonchev–Trinajstić information content (AvgIpc) is 3.04. The Hall–Kier alpha value is -0.870. The summed E-state index contributed by atoms with van der Waals surface area (Å²) in [6.07, 6.45) is 9.75. The van der Waals surface area contributed by atoms with Crippen LogP contribution in [0.4, 0.5) is 0 Å². The summed E-state index contributed by atoms with van der Waals surface area (Å²) in [5, 5.41) is 10.9. The maximum Gasteiger partial charge on any atom is 0.302 e. The molecule has 1 N–H and O–H groups in total. The number of ether oxygens (including phenoxy) is 2. The molecular weight excluding hydrogens is 388 g/mol. The molecular formula is C27H42O4. The first-order chi connectivity index (χ1) is 14.4. The van der Waals surface area contributed by atoms with Crippen LogP contribution in [-0.4, -0.2) is 30.1 Å². The lowest BCUT2D eigenvalue weighted by molar-refractivity contribution is -0.253. The maximum absolute atomic E-state index is 12.3. The molecule has 9 atom stereocenters. The van der Waals surface area contributed by atoms with Crippen molar-refractivity contribution in [2.24, 2.45) is 45.3 Å². The Morgan fingerprint density at radius 3 is 2.48 bits per heavy atom. The van der Waals surface area contributed by atoms with E-state index in [0.29, 0.717) is 23.9 Å². The number of allylic oxidation sites excluding steroid dienone is 1. The molecule has 174 valence electrons. The van der Waals surface area contributed by atoms with E-state index >= 15 is 0 Å². The Bertz CT molecular complexity index is 801. The van der Waals surface area contributed by atoms with Gasteiger partial charge in [-0.3, -0.25) is 4.79 Å². The number of fused-ring (bicyclic) bond motifs is 7. The lowest BCUT2D eigenvalue weighted by Crippen LogP contribution is -2.67. The average molecular weight is 431 g/mol. The van der Waals surface area contributed by atoms with Crippen LogP contribution in [0.1, 0.15) is 86.5 Å². The lowest BCUT2D eigenvalue weighted by atomic mass is 9.34. The van der Waals surface area contributed by atoms with E-state index < -0.39 is 6.29 Å². The molecule has 31 heavy (non-hydrogen) atoms. The molecule has 0 unspecified atom stereocenters. The molecule has 5 rings (SSSR count). The first-order valence-corrected chi connectivity index (χ1v) is 12.6. The molecule has 4 nitrogen and oxygen atoms in total. The van der Waals surface area contributed by atoms with Gasteiger partial charge in [-0.25, -0.2) is 0 Å². The Kier molecular flexibility index (Phi) is 4.83. The monoisotopic (exact) mass is 430 g/mol. The fourth-order valence-electron chi connectivity index (χ4n) is 10.1. The van der Waals surface area contributed by atoms with E-state index in [1.165, 1.54) is 37.7 Å². The molecule has 0 aromatic rings. The first-order valence-electron chi connectivity index (χ1n) is 12.6.